The molecule has 0 radical (unpaired) electrons. The Morgan fingerprint density at radius 3 is 2.47 bits per heavy atom. The van der Waals surface area contributed by atoms with Gasteiger partial charge >= 0.3 is 0 Å². The van der Waals surface area contributed by atoms with Gasteiger partial charge in [0.1, 0.15) is 16.8 Å². The summed E-state index contributed by atoms with van der Waals surface area (Å²) in [6.45, 7) is 0.433. The van der Waals surface area contributed by atoms with Gasteiger partial charge in [-0.25, -0.2) is 9.38 Å². The molecule has 4 rings (SSSR count). The standard InChI is InChI=1S/C26H24FN3O3S/c1-33-22-13-11-20(12-14-22)28-25(32)23-17-24(31)30(16-15-18-5-3-2-4-6-18)26(34-23)29-21-9-7-19(27)8-10-21/h2-14,23H,15-17H2,1H3,(H,28,32)/t23-/m0/s1. The van der Waals surface area contributed by atoms with Crippen molar-refractivity contribution in [2.75, 3.05) is 19.0 Å². The second kappa shape index (κ2) is 11.0. The summed E-state index contributed by atoms with van der Waals surface area (Å²) in [6, 6.07) is 22.6. The molecule has 2 amide bonds. The van der Waals surface area contributed by atoms with Crippen molar-refractivity contribution in [3.05, 3.63) is 90.2 Å². The van der Waals surface area contributed by atoms with E-state index in [9.17, 15) is 14.0 Å². The lowest BCUT2D eigenvalue weighted by Gasteiger charge is -2.32. The molecule has 3 aromatic rings. The minimum atomic E-state index is -0.637. The van der Waals surface area contributed by atoms with Gasteiger partial charge in [0, 0.05) is 18.7 Å². The minimum Gasteiger partial charge on any atom is -0.497 e. The van der Waals surface area contributed by atoms with Gasteiger partial charge in [-0.3, -0.25) is 14.5 Å². The van der Waals surface area contributed by atoms with Gasteiger partial charge in [0.05, 0.1) is 12.8 Å². The third-order valence-electron chi connectivity index (χ3n) is 5.31. The number of anilines is 1. The van der Waals surface area contributed by atoms with Gasteiger partial charge in [-0.05, 0) is 60.5 Å². The highest BCUT2D eigenvalue weighted by Crippen LogP contribution is 2.30. The van der Waals surface area contributed by atoms with Gasteiger partial charge in [0.25, 0.3) is 0 Å². The first-order valence-corrected chi connectivity index (χ1v) is 11.7. The largest absolute Gasteiger partial charge is 0.497 e. The van der Waals surface area contributed by atoms with E-state index in [1.54, 1.807) is 48.4 Å². The van der Waals surface area contributed by atoms with E-state index in [1.807, 2.05) is 30.3 Å². The molecule has 0 unspecified atom stereocenters. The van der Waals surface area contributed by atoms with Gasteiger partial charge in [-0.2, -0.15) is 0 Å². The average Bonchev–Trinajstić information content (AvgIpc) is 2.86. The number of thioether (sulfide) groups is 1. The first-order valence-electron chi connectivity index (χ1n) is 10.8. The number of nitrogens with zero attached hydrogens (tertiary/aromatic N) is 2. The van der Waals surface area contributed by atoms with Crippen LogP contribution >= 0.6 is 11.8 Å². The molecule has 1 aliphatic heterocycles. The van der Waals surface area contributed by atoms with E-state index >= 15 is 0 Å². The molecule has 1 aliphatic rings. The van der Waals surface area contributed by atoms with Crippen LogP contribution in [0.5, 0.6) is 5.75 Å². The summed E-state index contributed by atoms with van der Waals surface area (Å²) in [5, 5.41) is 2.64. The van der Waals surface area contributed by atoms with Crippen molar-refractivity contribution in [2.24, 2.45) is 4.99 Å². The lowest BCUT2D eigenvalue weighted by Crippen LogP contribution is -2.46. The molecule has 0 bridgehead atoms. The number of ether oxygens (including phenoxy) is 1. The Labute approximate surface area is 201 Å². The number of benzene rings is 3. The molecular formula is C26H24FN3O3S. The van der Waals surface area contributed by atoms with Crippen LogP contribution < -0.4 is 10.1 Å². The summed E-state index contributed by atoms with van der Waals surface area (Å²) in [6.07, 6.45) is 0.710. The number of nitrogens with one attached hydrogen (secondary N) is 1. The van der Waals surface area contributed by atoms with E-state index in [0.717, 1.165) is 5.56 Å². The summed E-state index contributed by atoms with van der Waals surface area (Å²) >= 11 is 1.24. The molecule has 34 heavy (non-hydrogen) atoms. The van der Waals surface area contributed by atoms with E-state index in [0.29, 0.717) is 35.3 Å². The van der Waals surface area contributed by atoms with E-state index < -0.39 is 5.25 Å². The van der Waals surface area contributed by atoms with Gasteiger partial charge in [0.15, 0.2) is 5.17 Å². The zero-order valence-electron chi connectivity index (χ0n) is 18.6. The topological polar surface area (TPSA) is 71.0 Å². The van der Waals surface area contributed by atoms with Gasteiger partial charge in [-0.1, -0.05) is 42.1 Å². The smallest absolute Gasteiger partial charge is 0.238 e. The molecule has 3 aromatic carbocycles. The molecule has 1 N–H and O–H groups in total. The number of rotatable bonds is 7. The Balaban J connectivity index is 1.53. The number of amides is 2. The molecule has 0 aliphatic carbocycles. The Morgan fingerprint density at radius 2 is 1.79 bits per heavy atom. The predicted octanol–water partition coefficient (Wildman–Crippen LogP) is 5.04. The normalized spacial score (nSPS) is 17.0. The second-order valence-corrected chi connectivity index (χ2v) is 8.85. The maximum atomic E-state index is 13.4. The van der Waals surface area contributed by atoms with Crippen molar-refractivity contribution >= 4 is 40.1 Å². The van der Waals surface area contributed by atoms with Crippen LogP contribution in [0.4, 0.5) is 15.8 Å². The molecule has 174 valence electrons. The SMILES string of the molecule is COc1ccc(NC(=O)[C@@H]2CC(=O)N(CCc3ccccc3)C(=Nc3ccc(F)cc3)S2)cc1. The predicted molar refractivity (Wildman–Crippen MR) is 133 cm³/mol. The van der Waals surface area contributed by atoms with E-state index in [2.05, 4.69) is 10.3 Å². The second-order valence-electron chi connectivity index (χ2n) is 7.68. The first-order chi connectivity index (χ1) is 16.5. The number of amidine groups is 1. The third kappa shape index (κ3) is 6.02. The Morgan fingerprint density at radius 1 is 1.09 bits per heavy atom. The molecule has 1 atom stereocenters. The lowest BCUT2D eigenvalue weighted by molar-refractivity contribution is -0.129. The lowest BCUT2D eigenvalue weighted by atomic mass is 10.1. The van der Waals surface area contributed by atoms with Crippen LogP contribution in [0.15, 0.2) is 83.9 Å². The highest BCUT2D eigenvalue weighted by atomic mass is 32.2. The Kier molecular flexibility index (Phi) is 7.59. The van der Waals surface area contributed by atoms with E-state index in [-0.39, 0.29) is 24.1 Å². The molecule has 6 nitrogen and oxygen atoms in total. The van der Waals surface area contributed by atoms with Crippen LogP contribution in [0, 0.1) is 5.82 Å². The third-order valence-corrected chi connectivity index (χ3v) is 6.50. The van der Waals surface area contributed by atoms with Crippen molar-refractivity contribution in [3.8, 4) is 5.75 Å². The van der Waals surface area contributed by atoms with Crippen LogP contribution in [-0.2, 0) is 16.0 Å². The molecule has 1 fully saturated rings. The number of halogens is 1. The van der Waals surface area contributed by atoms with Gasteiger partial charge in [-0.15, -0.1) is 0 Å². The van der Waals surface area contributed by atoms with Crippen LogP contribution in [0.1, 0.15) is 12.0 Å². The number of hydrogen-bond acceptors (Lipinski definition) is 5. The number of hydrogen-bond donors (Lipinski definition) is 1. The highest BCUT2D eigenvalue weighted by molar-refractivity contribution is 8.15. The van der Waals surface area contributed by atoms with Crippen molar-refractivity contribution in [1.29, 1.82) is 0 Å². The van der Waals surface area contributed by atoms with Crippen molar-refractivity contribution in [2.45, 2.75) is 18.1 Å². The summed E-state index contributed by atoms with van der Waals surface area (Å²) in [4.78, 5) is 32.3. The molecular weight excluding hydrogens is 453 g/mol. The van der Waals surface area contributed by atoms with E-state index in [4.69, 9.17) is 4.74 Å². The van der Waals surface area contributed by atoms with E-state index in [1.165, 1.54) is 23.9 Å². The van der Waals surface area contributed by atoms with Gasteiger partial charge < -0.3 is 10.1 Å². The van der Waals surface area contributed by atoms with Crippen LogP contribution in [0.3, 0.4) is 0 Å². The molecule has 0 saturated carbocycles. The number of carbonyl (C=O) groups is 2. The van der Waals surface area contributed by atoms with Crippen molar-refractivity contribution < 1.29 is 18.7 Å². The molecule has 1 saturated heterocycles. The van der Waals surface area contributed by atoms with Crippen molar-refractivity contribution in [1.82, 2.24) is 4.90 Å². The first kappa shape index (κ1) is 23.5. The Hall–Kier alpha value is -3.65. The number of aliphatic imine (C=N–C) groups is 1. The monoisotopic (exact) mass is 477 g/mol. The molecule has 0 aromatic heterocycles. The zero-order valence-corrected chi connectivity index (χ0v) is 19.4. The quantitative estimate of drug-likeness (QED) is 0.518. The Bertz CT molecular complexity index is 1170. The maximum Gasteiger partial charge on any atom is 0.238 e. The van der Waals surface area contributed by atoms with Crippen LogP contribution in [-0.4, -0.2) is 40.8 Å². The molecule has 1 heterocycles. The summed E-state index contributed by atoms with van der Waals surface area (Å²) in [5.41, 5.74) is 2.22. The fourth-order valence-corrected chi connectivity index (χ4v) is 4.59. The minimum absolute atomic E-state index is 0.0594. The fraction of sp³-hybridized carbons (Fsp3) is 0.192. The molecule has 0 spiro atoms. The molecule has 8 heteroatoms. The van der Waals surface area contributed by atoms with Gasteiger partial charge in [0.2, 0.25) is 11.8 Å². The summed E-state index contributed by atoms with van der Waals surface area (Å²) < 4.78 is 18.5. The van der Waals surface area contributed by atoms with Crippen molar-refractivity contribution in [3.63, 3.8) is 0 Å². The van der Waals surface area contributed by atoms with Crippen LogP contribution in [0.2, 0.25) is 0 Å². The number of methoxy groups -OCH3 is 1. The summed E-state index contributed by atoms with van der Waals surface area (Å²) in [7, 11) is 1.57. The number of carbonyl (C=O) groups excluding carboxylic acids is 2. The maximum absolute atomic E-state index is 13.4. The zero-order chi connectivity index (χ0) is 23.9. The average molecular weight is 478 g/mol. The highest BCUT2D eigenvalue weighted by Gasteiger charge is 2.35. The fourth-order valence-electron chi connectivity index (χ4n) is 3.47. The van der Waals surface area contributed by atoms with Crippen LogP contribution in [0.25, 0.3) is 0 Å². The summed E-state index contributed by atoms with van der Waals surface area (Å²) in [5.74, 6) is -0.138.